The molecule has 2 rings (SSSR count). The molecular weight excluding hydrogens is 359 g/mol. The third-order valence-corrected chi connectivity index (χ3v) is 4.39. The highest BCUT2D eigenvalue weighted by Crippen LogP contribution is 2.15. The van der Waals surface area contributed by atoms with E-state index in [-0.39, 0.29) is 24.2 Å². The van der Waals surface area contributed by atoms with Crippen LogP contribution in [0.25, 0.3) is 0 Å². The Morgan fingerprint density at radius 1 is 1.07 bits per heavy atom. The summed E-state index contributed by atoms with van der Waals surface area (Å²) >= 11 is 0. The molecule has 1 N–H and O–H groups in total. The molecule has 0 unspecified atom stereocenters. The van der Waals surface area contributed by atoms with Gasteiger partial charge in [0.1, 0.15) is 17.6 Å². The van der Waals surface area contributed by atoms with Crippen LogP contribution in [0.2, 0.25) is 0 Å². The molecule has 2 aromatic carbocycles. The number of amides is 2. The van der Waals surface area contributed by atoms with E-state index in [1.54, 1.807) is 4.90 Å². The molecule has 6 heteroatoms. The minimum atomic E-state index is -0.592. The summed E-state index contributed by atoms with van der Waals surface area (Å²) in [4.78, 5) is 26.9. The summed E-state index contributed by atoms with van der Waals surface area (Å²) in [6.45, 7) is 6.28. The highest BCUT2D eigenvalue weighted by Gasteiger charge is 2.28. The summed E-state index contributed by atoms with van der Waals surface area (Å²) < 4.78 is 18.5. The van der Waals surface area contributed by atoms with E-state index in [4.69, 9.17) is 4.74 Å². The molecule has 5 nitrogen and oxygen atoms in total. The number of nitrogens with one attached hydrogen (secondary N) is 1. The third kappa shape index (κ3) is 6.08. The SMILES string of the molecule is CCNC(=O)[C@@H](CC)N(Cc1ccc(C)cc1)C(=O)COc1ccc(F)cc1. The maximum absolute atomic E-state index is 13.0. The number of nitrogens with zero attached hydrogens (tertiary/aromatic N) is 1. The zero-order chi connectivity index (χ0) is 20.5. The van der Waals surface area contributed by atoms with Crippen LogP contribution in [0.3, 0.4) is 0 Å². The minimum absolute atomic E-state index is 0.188. The van der Waals surface area contributed by atoms with Gasteiger partial charge in [-0.1, -0.05) is 36.8 Å². The Labute approximate surface area is 165 Å². The quantitative estimate of drug-likeness (QED) is 0.718. The molecule has 2 amide bonds. The van der Waals surface area contributed by atoms with Crippen LogP contribution in [0.1, 0.15) is 31.4 Å². The van der Waals surface area contributed by atoms with Crippen molar-refractivity contribution in [1.82, 2.24) is 10.2 Å². The van der Waals surface area contributed by atoms with E-state index in [2.05, 4.69) is 5.32 Å². The minimum Gasteiger partial charge on any atom is -0.484 e. The topological polar surface area (TPSA) is 58.6 Å². The Bertz CT molecular complexity index is 775. The average molecular weight is 386 g/mol. The number of aryl methyl sites for hydroxylation is 1. The smallest absolute Gasteiger partial charge is 0.261 e. The molecule has 0 spiro atoms. The number of rotatable bonds is 9. The van der Waals surface area contributed by atoms with Gasteiger partial charge in [0, 0.05) is 13.1 Å². The van der Waals surface area contributed by atoms with E-state index in [0.29, 0.717) is 25.3 Å². The number of carbonyl (C=O) groups is 2. The predicted molar refractivity (Wildman–Crippen MR) is 106 cm³/mol. The molecule has 0 aliphatic rings. The second kappa shape index (κ2) is 10.4. The van der Waals surface area contributed by atoms with Gasteiger partial charge in [0.25, 0.3) is 5.91 Å². The number of hydrogen-bond donors (Lipinski definition) is 1. The maximum Gasteiger partial charge on any atom is 0.261 e. The number of hydrogen-bond acceptors (Lipinski definition) is 3. The number of benzene rings is 2. The van der Waals surface area contributed by atoms with Gasteiger partial charge in [-0.2, -0.15) is 0 Å². The van der Waals surface area contributed by atoms with Crippen LogP contribution in [0.15, 0.2) is 48.5 Å². The summed E-state index contributed by atoms with van der Waals surface area (Å²) in [5.41, 5.74) is 2.06. The zero-order valence-electron chi connectivity index (χ0n) is 16.6. The van der Waals surface area contributed by atoms with Gasteiger partial charge in [0.15, 0.2) is 6.61 Å². The van der Waals surface area contributed by atoms with Gasteiger partial charge in [-0.25, -0.2) is 4.39 Å². The third-order valence-electron chi connectivity index (χ3n) is 4.39. The molecule has 0 radical (unpaired) electrons. The number of carbonyl (C=O) groups excluding carboxylic acids is 2. The van der Waals surface area contributed by atoms with E-state index in [9.17, 15) is 14.0 Å². The van der Waals surface area contributed by atoms with Crippen molar-refractivity contribution in [3.63, 3.8) is 0 Å². The largest absolute Gasteiger partial charge is 0.484 e. The van der Waals surface area contributed by atoms with Crippen molar-refractivity contribution in [2.45, 2.75) is 39.8 Å². The van der Waals surface area contributed by atoms with Gasteiger partial charge in [-0.15, -0.1) is 0 Å². The van der Waals surface area contributed by atoms with Crippen molar-refractivity contribution >= 4 is 11.8 Å². The summed E-state index contributed by atoms with van der Waals surface area (Å²) in [6.07, 6.45) is 0.486. The number of likely N-dealkylation sites (N-methyl/N-ethyl adjacent to an activating group) is 1. The molecule has 0 aliphatic carbocycles. The molecule has 0 aromatic heterocycles. The average Bonchev–Trinajstić information content (AvgIpc) is 2.69. The molecule has 0 bridgehead atoms. The molecule has 2 aromatic rings. The monoisotopic (exact) mass is 386 g/mol. The van der Waals surface area contributed by atoms with E-state index in [1.807, 2.05) is 45.0 Å². The summed E-state index contributed by atoms with van der Waals surface area (Å²) in [5, 5.41) is 2.79. The Hall–Kier alpha value is -2.89. The molecule has 0 saturated carbocycles. The summed E-state index contributed by atoms with van der Waals surface area (Å²) in [7, 11) is 0. The molecule has 28 heavy (non-hydrogen) atoms. The van der Waals surface area contributed by atoms with Crippen LogP contribution in [-0.4, -0.2) is 35.9 Å². The Morgan fingerprint density at radius 3 is 2.29 bits per heavy atom. The molecule has 0 aliphatic heterocycles. The van der Waals surface area contributed by atoms with Crippen molar-refractivity contribution in [3.8, 4) is 5.75 Å². The van der Waals surface area contributed by atoms with Gasteiger partial charge in [0.05, 0.1) is 0 Å². The highest BCUT2D eigenvalue weighted by molar-refractivity contribution is 5.88. The Balaban J connectivity index is 2.16. The van der Waals surface area contributed by atoms with E-state index < -0.39 is 6.04 Å². The molecule has 0 saturated heterocycles. The van der Waals surface area contributed by atoms with Crippen LogP contribution in [-0.2, 0) is 16.1 Å². The van der Waals surface area contributed by atoms with Gasteiger partial charge in [0.2, 0.25) is 5.91 Å². The van der Waals surface area contributed by atoms with Gasteiger partial charge in [-0.05, 0) is 50.1 Å². The number of halogens is 1. The van der Waals surface area contributed by atoms with Crippen molar-refractivity contribution < 1.29 is 18.7 Å². The molecule has 0 heterocycles. The fourth-order valence-electron chi connectivity index (χ4n) is 2.86. The first-order chi connectivity index (χ1) is 13.4. The van der Waals surface area contributed by atoms with Gasteiger partial charge in [-0.3, -0.25) is 9.59 Å². The van der Waals surface area contributed by atoms with E-state index in [1.165, 1.54) is 24.3 Å². The fraction of sp³-hybridized carbons (Fsp3) is 0.364. The van der Waals surface area contributed by atoms with Crippen LogP contribution in [0.5, 0.6) is 5.75 Å². The van der Waals surface area contributed by atoms with Crippen molar-refractivity contribution in [2.75, 3.05) is 13.2 Å². The zero-order valence-corrected chi connectivity index (χ0v) is 16.6. The standard InChI is InChI=1S/C22H27FN2O3/c1-4-20(22(27)24-5-2)25(14-17-8-6-16(3)7-9-17)21(26)15-28-19-12-10-18(23)11-13-19/h6-13,20H,4-5,14-15H2,1-3H3,(H,24,27)/t20-/m1/s1. The van der Waals surface area contributed by atoms with E-state index in [0.717, 1.165) is 11.1 Å². The van der Waals surface area contributed by atoms with Crippen LogP contribution >= 0.6 is 0 Å². The predicted octanol–water partition coefficient (Wildman–Crippen LogP) is 3.46. The summed E-state index contributed by atoms with van der Waals surface area (Å²) in [6, 6.07) is 12.7. The Morgan fingerprint density at radius 2 is 1.71 bits per heavy atom. The van der Waals surface area contributed by atoms with Crippen LogP contribution < -0.4 is 10.1 Å². The first-order valence-electron chi connectivity index (χ1n) is 9.45. The second-order valence-electron chi connectivity index (χ2n) is 6.57. The van der Waals surface area contributed by atoms with Crippen molar-refractivity contribution in [2.24, 2.45) is 0 Å². The first kappa shape index (κ1) is 21.4. The van der Waals surface area contributed by atoms with Crippen LogP contribution in [0.4, 0.5) is 4.39 Å². The molecular formula is C22H27FN2O3. The molecule has 1 atom stereocenters. The Kier molecular flexibility index (Phi) is 7.99. The second-order valence-corrected chi connectivity index (χ2v) is 6.57. The lowest BCUT2D eigenvalue weighted by atomic mass is 10.1. The fourth-order valence-corrected chi connectivity index (χ4v) is 2.86. The van der Waals surface area contributed by atoms with Gasteiger partial charge < -0.3 is 15.0 Å². The van der Waals surface area contributed by atoms with Crippen molar-refractivity contribution in [3.05, 3.63) is 65.5 Å². The van der Waals surface area contributed by atoms with E-state index >= 15 is 0 Å². The molecule has 150 valence electrons. The molecule has 0 fully saturated rings. The van der Waals surface area contributed by atoms with Crippen molar-refractivity contribution in [1.29, 1.82) is 0 Å². The maximum atomic E-state index is 13.0. The lowest BCUT2D eigenvalue weighted by Gasteiger charge is -2.30. The summed E-state index contributed by atoms with van der Waals surface area (Å²) in [5.74, 6) is -0.465. The number of ether oxygens (including phenoxy) is 1. The normalized spacial score (nSPS) is 11.6. The van der Waals surface area contributed by atoms with Gasteiger partial charge >= 0.3 is 0 Å². The lowest BCUT2D eigenvalue weighted by molar-refractivity contribution is -0.142. The highest BCUT2D eigenvalue weighted by atomic mass is 19.1. The van der Waals surface area contributed by atoms with Crippen LogP contribution in [0, 0.1) is 12.7 Å². The first-order valence-corrected chi connectivity index (χ1v) is 9.45. The lowest BCUT2D eigenvalue weighted by Crippen LogP contribution is -2.50.